The van der Waals surface area contributed by atoms with Crippen molar-refractivity contribution in [3.63, 3.8) is 0 Å². The van der Waals surface area contributed by atoms with Crippen molar-refractivity contribution in [2.45, 2.75) is 87.5 Å². The van der Waals surface area contributed by atoms with Crippen LogP contribution in [0.25, 0.3) is 31.6 Å². The molecule has 0 bridgehead atoms. The topological polar surface area (TPSA) is 76.0 Å². The normalized spacial score (nSPS) is 11.7. The molecular weight excluding hydrogens is 707 g/mol. The maximum absolute atomic E-state index is 11.7. The molecule has 0 spiro atoms. The van der Waals surface area contributed by atoms with Gasteiger partial charge in [-0.3, -0.25) is 14.8 Å². The van der Waals surface area contributed by atoms with Gasteiger partial charge in [-0.1, -0.05) is 55.4 Å². The van der Waals surface area contributed by atoms with E-state index in [-0.39, 0.29) is 43.5 Å². The standard InChI is InChI=1S/C21H20N3S.C13H24O2.Ir/c1-12(2)5-16-9-22-10-17-19-21(25-20(16)17)18(23-11-24-19)15-7-13(3)6-14(4)8-15;1-5-10(6-2)12(14)9-13(15)11(7-3)8-4;/h6-7,9-12H,5H2,1-4H3;9-11,14H,5-8H2,1-4H3;/q-1;;/b;12-9-;. The van der Waals surface area contributed by atoms with E-state index in [0.29, 0.717) is 5.92 Å². The van der Waals surface area contributed by atoms with Crippen LogP contribution in [0, 0.1) is 37.7 Å². The van der Waals surface area contributed by atoms with Crippen molar-refractivity contribution in [3.8, 4) is 11.3 Å². The molecule has 5 nitrogen and oxygen atoms in total. The number of aliphatic hydroxyl groups is 1. The molecule has 0 fully saturated rings. The zero-order valence-electron chi connectivity index (χ0n) is 25.7. The molecule has 3 aromatic heterocycles. The van der Waals surface area contributed by atoms with E-state index < -0.39 is 0 Å². The molecule has 0 unspecified atom stereocenters. The van der Waals surface area contributed by atoms with E-state index in [4.69, 9.17) is 0 Å². The van der Waals surface area contributed by atoms with Gasteiger partial charge in [0, 0.05) is 70.9 Å². The number of nitrogens with zero attached hydrogens (tertiary/aromatic N) is 3. The average Bonchev–Trinajstić information content (AvgIpc) is 3.29. The smallest absolute Gasteiger partial charge is 0.162 e. The van der Waals surface area contributed by atoms with Crippen molar-refractivity contribution in [2.75, 3.05) is 0 Å². The number of carbonyl (C=O) groups is 1. The molecule has 0 amide bonds. The molecule has 223 valence electrons. The Labute approximate surface area is 263 Å². The zero-order chi connectivity index (χ0) is 29.4. The van der Waals surface area contributed by atoms with Gasteiger partial charge in [0.05, 0.1) is 11.3 Å². The third-order valence-corrected chi connectivity index (χ3v) is 8.62. The summed E-state index contributed by atoms with van der Waals surface area (Å²) in [5.74, 6) is 1.14. The number of fused-ring (bicyclic) bond motifs is 3. The van der Waals surface area contributed by atoms with Crippen molar-refractivity contribution >= 4 is 37.4 Å². The van der Waals surface area contributed by atoms with Crippen molar-refractivity contribution in [1.82, 2.24) is 15.0 Å². The van der Waals surface area contributed by atoms with Crippen molar-refractivity contribution in [3.05, 3.63) is 65.4 Å². The largest absolute Gasteiger partial charge is 0.512 e. The number of carbonyl (C=O) groups excluding carboxylic acids is 1. The SMILES string of the molecule is CCC(CC)C(=O)/C=C(\O)C(CC)CC.Cc1[c-]c(-c2ncnc3c2sc2c(CC(C)C)cncc23)cc(C)c1.[Ir]. The van der Waals surface area contributed by atoms with Crippen LogP contribution in [-0.2, 0) is 31.3 Å². The van der Waals surface area contributed by atoms with Gasteiger partial charge in [0.2, 0.25) is 0 Å². The summed E-state index contributed by atoms with van der Waals surface area (Å²) in [5, 5.41) is 10.9. The molecule has 0 aliphatic carbocycles. The summed E-state index contributed by atoms with van der Waals surface area (Å²) in [6, 6.07) is 7.73. The van der Waals surface area contributed by atoms with Gasteiger partial charge >= 0.3 is 0 Å². The first kappa shape index (κ1) is 34.7. The molecule has 1 aromatic carbocycles. The summed E-state index contributed by atoms with van der Waals surface area (Å²) in [6.07, 6.45) is 11.5. The van der Waals surface area contributed by atoms with Crippen molar-refractivity contribution in [2.24, 2.45) is 17.8 Å². The Bertz CT molecular complexity index is 1450. The van der Waals surface area contributed by atoms with Gasteiger partial charge in [0.15, 0.2) is 5.78 Å². The fraction of sp³-hybridized carbons (Fsp3) is 0.471. The summed E-state index contributed by atoms with van der Waals surface area (Å²) in [6.45, 7) is 16.7. The number of rotatable bonds is 10. The summed E-state index contributed by atoms with van der Waals surface area (Å²) in [7, 11) is 0. The molecule has 4 rings (SSSR count). The van der Waals surface area contributed by atoms with Crippen LogP contribution >= 0.6 is 11.3 Å². The number of aromatic nitrogens is 3. The number of hydrogen-bond donors (Lipinski definition) is 1. The van der Waals surface area contributed by atoms with E-state index in [0.717, 1.165) is 64.5 Å². The van der Waals surface area contributed by atoms with Crippen molar-refractivity contribution < 1.29 is 30.0 Å². The second-order valence-electron chi connectivity index (χ2n) is 11.0. The number of thiophene rings is 1. The molecule has 3 heterocycles. The Hall–Kier alpha value is -2.47. The monoisotopic (exact) mass is 751 g/mol. The van der Waals surface area contributed by atoms with Crippen LogP contribution in [0.5, 0.6) is 0 Å². The minimum Gasteiger partial charge on any atom is -0.512 e. The quantitative estimate of drug-likeness (QED) is 0.0994. The second-order valence-corrected chi connectivity index (χ2v) is 12.0. The first-order valence-electron chi connectivity index (χ1n) is 14.6. The van der Waals surface area contributed by atoms with Crippen LogP contribution in [0.3, 0.4) is 0 Å². The Morgan fingerprint density at radius 3 is 2.22 bits per heavy atom. The molecular formula is C34H44IrN3O2S-. The molecule has 1 radical (unpaired) electrons. The maximum atomic E-state index is 11.7. The predicted octanol–water partition coefficient (Wildman–Crippen LogP) is 9.39. The Morgan fingerprint density at radius 1 is 0.976 bits per heavy atom. The molecule has 0 saturated heterocycles. The minimum absolute atomic E-state index is 0. The molecule has 1 N–H and O–H groups in total. The Morgan fingerprint density at radius 2 is 1.63 bits per heavy atom. The number of aliphatic hydroxyl groups excluding tert-OH is 1. The average molecular weight is 751 g/mol. The van der Waals surface area contributed by atoms with Gasteiger partial charge in [-0.25, -0.2) is 4.98 Å². The zero-order valence-corrected chi connectivity index (χ0v) is 28.9. The van der Waals surface area contributed by atoms with Crippen LogP contribution < -0.4 is 0 Å². The number of ketones is 1. The fourth-order valence-electron chi connectivity index (χ4n) is 5.13. The number of benzene rings is 1. The third-order valence-electron chi connectivity index (χ3n) is 7.35. The van der Waals surface area contributed by atoms with Gasteiger partial charge in [-0.15, -0.1) is 46.2 Å². The number of pyridine rings is 1. The molecule has 0 saturated carbocycles. The van der Waals surface area contributed by atoms with Crippen LogP contribution in [0.15, 0.2) is 42.7 Å². The third kappa shape index (κ3) is 8.76. The summed E-state index contributed by atoms with van der Waals surface area (Å²) in [5.41, 5.74) is 6.65. The van der Waals surface area contributed by atoms with Crippen LogP contribution in [0.2, 0.25) is 0 Å². The summed E-state index contributed by atoms with van der Waals surface area (Å²) in [4.78, 5) is 25.3. The summed E-state index contributed by atoms with van der Waals surface area (Å²) >= 11 is 1.78. The second kappa shape index (κ2) is 16.2. The number of hydrogen-bond acceptors (Lipinski definition) is 6. The molecule has 0 aliphatic rings. The fourth-order valence-corrected chi connectivity index (χ4v) is 6.37. The minimum atomic E-state index is 0. The first-order chi connectivity index (χ1) is 19.1. The van der Waals surface area contributed by atoms with Gasteiger partial charge in [0.25, 0.3) is 0 Å². The number of allylic oxidation sites excluding steroid dienone is 2. The first-order valence-corrected chi connectivity index (χ1v) is 15.4. The van der Waals surface area contributed by atoms with Gasteiger partial charge in [0.1, 0.15) is 6.33 Å². The molecule has 0 atom stereocenters. The predicted molar refractivity (Wildman–Crippen MR) is 169 cm³/mol. The van der Waals surface area contributed by atoms with Gasteiger partial charge in [-0.2, -0.15) is 0 Å². The van der Waals surface area contributed by atoms with Crippen LogP contribution in [0.1, 0.15) is 83.9 Å². The molecule has 4 aromatic rings. The van der Waals surface area contributed by atoms with Crippen LogP contribution in [-0.4, -0.2) is 25.8 Å². The van der Waals surface area contributed by atoms with E-state index in [9.17, 15) is 9.90 Å². The maximum Gasteiger partial charge on any atom is 0.162 e. The van der Waals surface area contributed by atoms with Crippen LogP contribution in [0.4, 0.5) is 0 Å². The number of aryl methyl sites for hydroxylation is 2. The van der Waals surface area contributed by atoms with E-state index in [1.54, 1.807) is 17.7 Å². The van der Waals surface area contributed by atoms with E-state index in [1.807, 2.05) is 40.1 Å². The Kier molecular flexibility index (Phi) is 13.8. The van der Waals surface area contributed by atoms with E-state index in [2.05, 4.69) is 60.8 Å². The van der Waals surface area contributed by atoms with E-state index in [1.165, 1.54) is 21.9 Å². The van der Waals surface area contributed by atoms with E-state index >= 15 is 0 Å². The molecule has 41 heavy (non-hydrogen) atoms. The molecule has 0 aliphatic heterocycles. The van der Waals surface area contributed by atoms with Gasteiger partial charge in [-0.05, 0) is 43.6 Å². The molecule has 7 heteroatoms. The van der Waals surface area contributed by atoms with Gasteiger partial charge < -0.3 is 5.11 Å². The Balaban J connectivity index is 0.000000320. The summed E-state index contributed by atoms with van der Waals surface area (Å²) < 4.78 is 2.40. The van der Waals surface area contributed by atoms with Crippen molar-refractivity contribution in [1.29, 1.82) is 0 Å².